The summed E-state index contributed by atoms with van der Waals surface area (Å²) in [7, 11) is 0. The van der Waals surface area contributed by atoms with Gasteiger partial charge >= 0.3 is 5.97 Å². The highest BCUT2D eigenvalue weighted by molar-refractivity contribution is 5.81. The zero-order valence-electron chi connectivity index (χ0n) is 11.9. The molecule has 3 unspecified atom stereocenters. The molecule has 1 aliphatic heterocycles. The molecule has 1 heterocycles. The maximum absolute atomic E-state index is 12.1. The van der Waals surface area contributed by atoms with E-state index in [9.17, 15) is 9.59 Å². The first-order valence-electron chi connectivity index (χ1n) is 6.81. The maximum atomic E-state index is 12.1. The quantitative estimate of drug-likeness (QED) is 0.734. The van der Waals surface area contributed by atoms with Crippen LogP contribution in [0.1, 0.15) is 33.6 Å². The predicted molar refractivity (Wildman–Crippen MR) is 70.9 cm³/mol. The molecule has 1 fully saturated rings. The smallest absolute Gasteiger partial charge is 0.305 e. The molecule has 0 aromatic rings. The molecule has 110 valence electrons. The van der Waals surface area contributed by atoms with Crippen LogP contribution in [0.4, 0.5) is 0 Å². The van der Waals surface area contributed by atoms with E-state index in [0.29, 0.717) is 19.8 Å². The Kier molecular flexibility index (Phi) is 6.24. The van der Waals surface area contributed by atoms with Gasteiger partial charge in [-0.25, -0.2) is 0 Å². The number of nitrogens with one attached hydrogen (secondary N) is 1. The molecule has 2 N–H and O–H groups in total. The fourth-order valence-corrected chi connectivity index (χ4v) is 2.17. The molecule has 1 rings (SSSR count). The summed E-state index contributed by atoms with van der Waals surface area (Å²) in [6.45, 7) is 7.28. The van der Waals surface area contributed by atoms with Crippen LogP contribution in [-0.2, 0) is 14.3 Å². The van der Waals surface area contributed by atoms with E-state index in [1.807, 2.05) is 25.7 Å². The van der Waals surface area contributed by atoms with Crippen LogP contribution in [0.2, 0.25) is 0 Å². The Balaban J connectivity index is 2.62. The molecule has 6 heteroatoms. The first kappa shape index (κ1) is 15.9. The summed E-state index contributed by atoms with van der Waals surface area (Å²) in [5.41, 5.74) is 0. The molecule has 0 aliphatic carbocycles. The van der Waals surface area contributed by atoms with Crippen LogP contribution in [0, 0.1) is 0 Å². The number of morpholine rings is 1. The normalized spacial score (nSPS) is 23.6. The highest BCUT2D eigenvalue weighted by Gasteiger charge is 2.32. The van der Waals surface area contributed by atoms with E-state index >= 15 is 0 Å². The standard InChI is InChI=1S/C13H24N2O4/c1-4-9(2)14-13(18)10(3)15-5-6-19-8-11(15)7-12(16)17/h9-11H,4-8H2,1-3H3,(H,14,18)(H,16,17). The van der Waals surface area contributed by atoms with E-state index in [0.717, 1.165) is 6.42 Å². The monoisotopic (exact) mass is 272 g/mol. The fourth-order valence-electron chi connectivity index (χ4n) is 2.17. The van der Waals surface area contributed by atoms with Crippen LogP contribution < -0.4 is 5.32 Å². The second-order valence-corrected chi connectivity index (χ2v) is 5.06. The molecular weight excluding hydrogens is 248 g/mol. The summed E-state index contributed by atoms with van der Waals surface area (Å²) < 4.78 is 5.31. The number of ether oxygens (including phenoxy) is 1. The van der Waals surface area contributed by atoms with Gasteiger partial charge in [-0.1, -0.05) is 6.92 Å². The predicted octanol–water partition coefficient (Wildman–Crippen LogP) is 0.465. The number of carboxylic acids is 1. The molecule has 1 amide bonds. The molecule has 0 aromatic heterocycles. The average molecular weight is 272 g/mol. The number of aliphatic carboxylic acids is 1. The van der Waals surface area contributed by atoms with Crippen molar-refractivity contribution in [3.05, 3.63) is 0 Å². The largest absolute Gasteiger partial charge is 0.481 e. The van der Waals surface area contributed by atoms with Gasteiger partial charge in [-0.05, 0) is 20.3 Å². The van der Waals surface area contributed by atoms with Crippen molar-refractivity contribution in [2.45, 2.75) is 51.7 Å². The van der Waals surface area contributed by atoms with Gasteiger partial charge in [0.15, 0.2) is 0 Å². The van der Waals surface area contributed by atoms with Gasteiger partial charge in [0.25, 0.3) is 0 Å². The van der Waals surface area contributed by atoms with E-state index in [1.54, 1.807) is 0 Å². The minimum atomic E-state index is -0.866. The molecule has 0 aromatic carbocycles. The fraction of sp³-hybridized carbons (Fsp3) is 0.846. The Labute approximate surface area is 114 Å². The van der Waals surface area contributed by atoms with Crippen LogP contribution in [0.15, 0.2) is 0 Å². The lowest BCUT2D eigenvalue weighted by atomic mass is 10.1. The topological polar surface area (TPSA) is 78.9 Å². The number of nitrogens with zero attached hydrogens (tertiary/aromatic N) is 1. The summed E-state index contributed by atoms with van der Waals surface area (Å²) in [4.78, 5) is 24.9. The summed E-state index contributed by atoms with van der Waals surface area (Å²) in [5.74, 6) is -0.915. The van der Waals surface area contributed by atoms with Gasteiger partial charge in [-0.3, -0.25) is 14.5 Å². The van der Waals surface area contributed by atoms with Crippen molar-refractivity contribution in [2.75, 3.05) is 19.8 Å². The van der Waals surface area contributed by atoms with Crippen molar-refractivity contribution in [3.63, 3.8) is 0 Å². The Morgan fingerprint density at radius 2 is 2.16 bits per heavy atom. The molecule has 0 bridgehead atoms. The first-order valence-corrected chi connectivity index (χ1v) is 6.81. The van der Waals surface area contributed by atoms with E-state index in [4.69, 9.17) is 9.84 Å². The Morgan fingerprint density at radius 3 is 2.74 bits per heavy atom. The van der Waals surface area contributed by atoms with Crippen molar-refractivity contribution < 1.29 is 19.4 Å². The highest BCUT2D eigenvalue weighted by Crippen LogP contribution is 2.14. The van der Waals surface area contributed by atoms with Crippen LogP contribution in [0.25, 0.3) is 0 Å². The Bertz CT molecular complexity index is 322. The molecule has 0 spiro atoms. The maximum Gasteiger partial charge on any atom is 0.305 e. The van der Waals surface area contributed by atoms with Gasteiger partial charge in [0.1, 0.15) is 0 Å². The van der Waals surface area contributed by atoms with E-state index in [-0.39, 0.29) is 30.5 Å². The van der Waals surface area contributed by atoms with Crippen LogP contribution in [0.5, 0.6) is 0 Å². The molecule has 6 nitrogen and oxygen atoms in total. The second kappa shape index (κ2) is 7.45. The lowest BCUT2D eigenvalue weighted by Crippen LogP contribution is -2.56. The van der Waals surface area contributed by atoms with Gasteiger partial charge in [0, 0.05) is 18.6 Å². The van der Waals surface area contributed by atoms with Gasteiger partial charge < -0.3 is 15.2 Å². The number of carboxylic acid groups (broad SMARTS) is 1. The minimum Gasteiger partial charge on any atom is -0.481 e. The zero-order chi connectivity index (χ0) is 14.4. The van der Waals surface area contributed by atoms with Gasteiger partial charge in [-0.15, -0.1) is 0 Å². The minimum absolute atomic E-state index is 0.000944. The van der Waals surface area contributed by atoms with Crippen molar-refractivity contribution in [1.29, 1.82) is 0 Å². The summed E-state index contributed by atoms with van der Waals surface area (Å²) in [6.07, 6.45) is 0.876. The van der Waals surface area contributed by atoms with E-state index in [1.165, 1.54) is 0 Å². The van der Waals surface area contributed by atoms with Gasteiger partial charge in [-0.2, -0.15) is 0 Å². The second-order valence-electron chi connectivity index (χ2n) is 5.06. The lowest BCUT2D eigenvalue weighted by molar-refractivity contribution is -0.143. The molecule has 0 saturated carbocycles. The number of hydrogen-bond acceptors (Lipinski definition) is 4. The first-order chi connectivity index (χ1) is 8.95. The number of carbonyl (C=O) groups is 2. The van der Waals surface area contributed by atoms with Crippen molar-refractivity contribution >= 4 is 11.9 Å². The molecule has 1 saturated heterocycles. The highest BCUT2D eigenvalue weighted by atomic mass is 16.5. The molecule has 19 heavy (non-hydrogen) atoms. The van der Waals surface area contributed by atoms with Gasteiger partial charge in [0.2, 0.25) is 5.91 Å². The van der Waals surface area contributed by atoms with Crippen molar-refractivity contribution in [3.8, 4) is 0 Å². The third-order valence-electron chi connectivity index (χ3n) is 3.56. The number of amides is 1. The third-order valence-corrected chi connectivity index (χ3v) is 3.56. The lowest BCUT2D eigenvalue weighted by Gasteiger charge is -2.38. The van der Waals surface area contributed by atoms with Gasteiger partial charge in [0.05, 0.1) is 25.7 Å². The third kappa shape index (κ3) is 4.80. The number of rotatable bonds is 6. The van der Waals surface area contributed by atoms with E-state index < -0.39 is 5.97 Å². The molecular formula is C13H24N2O4. The molecule has 1 aliphatic rings. The van der Waals surface area contributed by atoms with Crippen LogP contribution in [-0.4, -0.2) is 59.8 Å². The van der Waals surface area contributed by atoms with Crippen molar-refractivity contribution in [1.82, 2.24) is 10.2 Å². The average Bonchev–Trinajstić information content (AvgIpc) is 2.37. The van der Waals surface area contributed by atoms with Crippen LogP contribution >= 0.6 is 0 Å². The summed E-state index contributed by atoms with van der Waals surface area (Å²) in [5, 5.41) is 11.8. The molecule has 0 radical (unpaired) electrons. The molecule has 3 atom stereocenters. The van der Waals surface area contributed by atoms with E-state index in [2.05, 4.69) is 5.32 Å². The summed E-state index contributed by atoms with van der Waals surface area (Å²) >= 11 is 0. The number of carbonyl (C=O) groups excluding carboxylic acids is 1. The van der Waals surface area contributed by atoms with Crippen LogP contribution in [0.3, 0.4) is 0 Å². The SMILES string of the molecule is CCC(C)NC(=O)C(C)N1CCOCC1CC(=O)O. The zero-order valence-corrected chi connectivity index (χ0v) is 11.9. The Morgan fingerprint density at radius 1 is 1.47 bits per heavy atom. The Hall–Kier alpha value is -1.14. The van der Waals surface area contributed by atoms with Crippen molar-refractivity contribution in [2.24, 2.45) is 0 Å². The summed E-state index contributed by atoms with van der Waals surface area (Å²) in [6, 6.07) is -0.430. The number of hydrogen-bond donors (Lipinski definition) is 2.